The summed E-state index contributed by atoms with van der Waals surface area (Å²) in [6, 6.07) is -7.43. The number of hydrogen-bond donors (Lipinski definition) is 7. The van der Waals surface area contributed by atoms with E-state index in [9.17, 15) is 37.8 Å². The van der Waals surface area contributed by atoms with E-state index in [0.717, 1.165) is 0 Å². The Bertz CT molecular complexity index is 1450. The van der Waals surface area contributed by atoms with E-state index < -0.39 is 100 Å². The Morgan fingerprint density at radius 2 is 1.31 bits per heavy atom. The summed E-state index contributed by atoms with van der Waals surface area (Å²) < 4.78 is 12.1. The smallest absolute Gasteiger partial charge is 0.246 e. The van der Waals surface area contributed by atoms with Crippen molar-refractivity contribution < 1.29 is 37.8 Å². The van der Waals surface area contributed by atoms with Crippen LogP contribution in [0, 0.1) is 11.8 Å². The van der Waals surface area contributed by atoms with Gasteiger partial charge in [-0.25, -0.2) is 0 Å². The van der Waals surface area contributed by atoms with E-state index >= 15 is 0 Å². The van der Waals surface area contributed by atoms with Gasteiger partial charge in [0.05, 0.1) is 0 Å². The molecule has 0 saturated carbocycles. The molecule has 3 aliphatic heterocycles. The van der Waals surface area contributed by atoms with E-state index in [4.69, 9.17) is 11.5 Å². The third kappa shape index (κ3) is 12.4. The second-order valence-corrected chi connectivity index (χ2v) is 16.7. The number of hydrogen-bond acceptors (Lipinski definition) is 9. The monoisotopic (exact) mass is 780 g/mol. The molecular weight excluding hydrogens is 721 g/mol. The predicted octanol–water partition coefficient (Wildman–Crippen LogP) is -2.05. The normalized spacial score (nSPS) is 28.7. The largest absolute Gasteiger partial charge is 0.370 e. The maximum Gasteiger partial charge on any atom is 0.246 e. The zero-order valence-corrected chi connectivity index (χ0v) is 33.2. The summed E-state index contributed by atoms with van der Waals surface area (Å²) in [5.74, 6) is -4.73. The van der Waals surface area contributed by atoms with Crippen LogP contribution in [0.3, 0.4) is 0 Å². The van der Waals surface area contributed by atoms with Gasteiger partial charge in [0.25, 0.3) is 0 Å². The quantitative estimate of drug-likeness (QED) is 0.0725. The summed E-state index contributed by atoms with van der Waals surface area (Å²) in [5.41, 5.74) is 11.0. The highest BCUT2D eigenvalue weighted by Crippen LogP contribution is 2.26. The molecule has 54 heavy (non-hydrogen) atoms. The highest BCUT2D eigenvalue weighted by Gasteiger charge is 2.44. The van der Waals surface area contributed by atoms with Gasteiger partial charge in [-0.2, -0.15) is 0 Å². The van der Waals surface area contributed by atoms with Crippen LogP contribution < -0.4 is 38.1 Å². The molecule has 8 atom stereocenters. The Balaban J connectivity index is 2.07. The first-order valence-electron chi connectivity index (χ1n) is 18.9. The van der Waals surface area contributed by atoms with Crippen molar-refractivity contribution in [2.45, 2.75) is 128 Å². The van der Waals surface area contributed by atoms with Gasteiger partial charge in [0, 0.05) is 42.4 Å². The van der Waals surface area contributed by atoms with Crippen molar-refractivity contribution in [2.75, 3.05) is 31.6 Å². The minimum absolute atomic E-state index is 0.0317. The van der Waals surface area contributed by atoms with Crippen LogP contribution in [0.25, 0.3) is 0 Å². The molecule has 0 aromatic rings. The minimum Gasteiger partial charge on any atom is -0.370 e. The summed E-state index contributed by atoms with van der Waals surface area (Å²) in [7, 11) is -1.33. The van der Waals surface area contributed by atoms with Gasteiger partial charge >= 0.3 is 0 Å². The first kappa shape index (κ1) is 44.1. The molecule has 2 unspecified atom stereocenters. The van der Waals surface area contributed by atoms with Crippen molar-refractivity contribution in [1.82, 2.24) is 36.4 Å². The number of nitrogens with zero attached hydrogens (tertiary/aromatic N) is 3. The van der Waals surface area contributed by atoms with E-state index in [1.54, 1.807) is 13.8 Å². The molecule has 0 aliphatic carbocycles. The molecule has 0 aromatic heterocycles. The molecule has 0 aromatic carbocycles. The molecule has 3 rings (SSSR count). The van der Waals surface area contributed by atoms with Gasteiger partial charge in [0.15, 0.2) is 5.96 Å². The van der Waals surface area contributed by atoms with Crippen LogP contribution in [0.15, 0.2) is 4.99 Å². The van der Waals surface area contributed by atoms with Gasteiger partial charge in [-0.3, -0.25) is 42.8 Å². The van der Waals surface area contributed by atoms with Gasteiger partial charge in [-0.05, 0) is 70.1 Å². The predicted molar refractivity (Wildman–Crippen MR) is 203 cm³/mol. The number of fused-ring (bicyclic) bond motifs is 2. The topological polar surface area (TPSA) is 268 Å². The molecule has 3 aliphatic rings. The van der Waals surface area contributed by atoms with E-state index in [0.29, 0.717) is 32.1 Å². The first-order valence-corrected chi connectivity index (χ1v) is 20.6. The average molecular weight is 781 g/mol. The van der Waals surface area contributed by atoms with Crippen molar-refractivity contribution >= 4 is 58.1 Å². The second kappa shape index (κ2) is 20.4. The van der Waals surface area contributed by atoms with Crippen molar-refractivity contribution in [3.8, 4) is 0 Å². The van der Waals surface area contributed by atoms with Crippen molar-refractivity contribution in [3.05, 3.63) is 0 Å². The van der Waals surface area contributed by atoms with Crippen LogP contribution in [-0.4, -0.2) is 135 Å². The maximum absolute atomic E-state index is 14.3. The average Bonchev–Trinajstić information content (AvgIpc) is 3.79. The molecule has 9 N–H and O–H groups in total. The molecule has 3 fully saturated rings. The van der Waals surface area contributed by atoms with E-state index in [2.05, 4.69) is 31.6 Å². The van der Waals surface area contributed by atoms with Gasteiger partial charge in [0.2, 0.25) is 41.4 Å². The Hall–Kier alpha value is -4.29. The highest BCUT2D eigenvalue weighted by atomic mass is 32.2. The number of aliphatic imine (C=N–C) groups is 1. The lowest BCUT2D eigenvalue weighted by Crippen LogP contribution is -2.60. The number of carbonyl (C=O) groups excluding carboxylic acids is 7. The Kier molecular flexibility index (Phi) is 16.7. The highest BCUT2D eigenvalue weighted by molar-refractivity contribution is 7.84. The van der Waals surface area contributed by atoms with Gasteiger partial charge in [-0.15, -0.1) is 0 Å². The Morgan fingerprint density at radius 1 is 0.741 bits per heavy atom. The molecule has 3 heterocycles. The number of amides is 7. The summed E-state index contributed by atoms with van der Waals surface area (Å²) >= 11 is 0. The fourth-order valence-corrected chi connectivity index (χ4v) is 7.56. The standard InChI is InChI=1S/C35H60N10O8S/c1-19(2)18-24-30(48)41-23(10-7-14-38-35(36)37)33(51)45-16-9-12-26(45)34(52)44-15-8-11-25(44)31(49)39-21(5)28(46)43-27(20(3)4)32(50)40-22(29(47)42-24)13-17-54(6)53/h19-27H,7-18H2,1-6H3,(H,39,49)(H,40,50)(H,41,48)(H,42,47)(H,43,46)(H4,36,37,38)/t21-,22-,23-,24?,25+,26-,27-,54?/m0/s1. The first-order chi connectivity index (χ1) is 25.4. The summed E-state index contributed by atoms with van der Waals surface area (Å²) in [4.78, 5) is 104. The molecule has 0 spiro atoms. The molecular formula is C35H60N10O8S. The molecule has 0 bridgehead atoms. The van der Waals surface area contributed by atoms with Crippen LogP contribution >= 0.6 is 0 Å². The third-order valence-corrected chi connectivity index (χ3v) is 10.7. The van der Waals surface area contributed by atoms with Crippen LogP contribution in [0.5, 0.6) is 0 Å². The molecule has 0 radical (unpaired) electrons. The lowest BCUT2D eigenvalue weighted by molar-refractivity contribution is -0.148. The number of carbonyl (C=O) groups is 7. The van der Waals surface area contributed by atoms with Crippen LogP contribution in [-0.2, 0) is 44.4 Å². The summed E-state index contributed by atoms with van der Waals surface area (Å²) in [6.45, 7) is 9.31. The van der Waals surface area contributed by atoms with E-state index in [1.807, 2.05) is 13.8 Å². The third-order valence-electron chi connectivity index (χ3n) is 9.89. The lowest BCUT2D eigenvalue weighted by atomic mass is 10.0. The maximum atomic E-state index is 14.3. The van der Waals surface area contributed by atoms with Crippen LogP contribution in [0.4, 0.5) is 0 Å². The molecule has 3 saturated heterocycles. The summed E-state index contributed by atoms with van der Waals surface area (Å²) in [6.07, 6.45) is 3.81. The minimum atomic E-state index is -1.33. The number of guanidine groups is 1. The van der Waals surface area contributed by atoms with Gasteiger partial charge < -0.3 is 47.9 Å². The van der Waals surface area contributed by atoms with Crippen molar-refractivity contribution in [2.24, 2.45) is 28.3 Å². The molecule has 19 heteroatoms. The second-order valence-electron chi connectivity index (χ2n) is 15.2. The van der Waals surface area contributed by atoms with E-state index in [-0.39, 0.29) is 56.5 Å². The van der Waals surface area contributed by atoms with Crippen molar-refractivity contribution in [3.63, 3.8) is 0 Å². The molecule has 7 amide bonds. The molecule has 18 nitrogen and oxygen atoms in total. The number of nitrogens with one attached hydrogen (secondary N) is 5. The summed E-state index contributed by atoms with van der Waals surface area (Å²) in [5, 5.41) is 13.6. The van der Waals surface area contributed by atoms with Gasteiger partial charge in [0.1, 0.15) is 42.3 Å². The number of rotatable bonds is 10. The zero-order valence-electron chi connectivity index (χ0n) is 32.4. The Labute approximate surface area is 319 Å². The SMILES string of the molecule is CC(C)CC1NC(=O)[C@H](CCS(C)=O)NC(=O)[C@H](C(C)C)NC(=O)[C@H](C)NC(=O)[C@H]2CCCN2C(=O)[C@@H]2CCCN2C(=O)[C@H](CCCN=C(N)N)NC1=O. The van der Waals surface area contributed by atoms with Gasteiger partial charge in [-0.1, -0.05) is 27.7 Å². The number of nitrogens with two attached hydrogens (primary N) is 2. The Morgan fingerprint density at radius 3 is 1.91 bits per heavy atom. The van der Waals surface area contributed by atoms with Crippen LogP contribution in [0.2, 0.25) is 0 Å². The van der Waals surface area contributed by atoms with E-state index in [1.165, 1.54) is 23.0 Å². The van der Waals surface area contributed by atoms with Crippen LogP contribution in [0.1, 0.15) is 86.0 Å². The van der Waals surface area contributed by atoms with Crippen molar-refractivity contribution in [1.29, 1.82) is 0 Å². The fourth-order valence-electron chi connectivity index (χ4n) is 6.99. The molecule has 304 valence electrons. The lowest BCUT2D eigenvalue weighted by Gasteiger charge is -2.33. The zero-order chi connectivity index (χ0) is 40.3. The fraction of sp³-hybridized carbons (Fsp3) is 0.771.